The highest BCUT2D eigenvalue weighted by atomic mass is 16.5. The summed E-state index contributed by atoms with van der Waals surface area (Å²) in [6.45, 7) is 0. The lowest BCUT2D eigenvalue weighted by Crippen LogP contribution is -2.12. The van der Waals surface area contributed by atoms with Gasteiger partial charge in [-0.2, -0.15) is 4.98 Å². The normalized spacial score (nSPS) is 16.2. The second-order valence-electron chi connectivity index (χ2n) is 5.51. The quantitative estimate of drug-likeness (QED) is 0.795. The Labute approximate surface area is 121 Å². The summed E-state index contributed by atoms with van der Waals surface area (Å²) in [5, 5.41) is 15.0. The predicted molar refractivity (Wildman–Crippen MR) is 77.5 cm³/mol. The summed E-state index contributed by atoms with van der Waals surface area (Å²) < 4.78 is 5.22. The third-order valence-corrected chi connectivity index (χ3v) is 3.85. The molecule has 1 saturated carbocycles. The van der Waals surface area contributed by atoms with Crippen molar-refractivity contribution in [2.75, 3.05) is 0 Å². The first-order chi connectivity index (χ1) is 10.3. The molecule has 3 aromatic rings. The minimum absolute atomic E-state index is 0.372. The van der Waals surface area contributed by atoms with Gasteiger partial charge in [-0.25, -0.2) is 4.98 Å². The van der Waals surface area contributed by atoms with Gasteiger partial charge in [0.15, 0.2) is 0 Å². The highest BCUT2D eigenvalue weighted by molar-refractivity contribution is 5.80. The van der Waals surface area contributed by atoms with E-state index in [1.807, 2.05) is 36.4 Å². The average Bonchev–Trinajstić information content (AvgIpc) is 3.27. The van der Waals surface area contributed by atoms with Crippen LogP contribution in [-0.2, 0) is 6.42 Å². The molecule has 106 valence electrons. The van der Waals surface area contributed by atoms with Crippen LogP contribution in [0.25, 0.3) is 22.4 Å². The SMILES string of the molecule is OC(Cc1nc(-c2ccc3ccccc3n2)no1)C1CC1. The van der Waals surface area contributed by atoms with Gasteiger partial charge >= 0.3 is 0 Å². The maximum absolute atomic E-state index is 9.92. The van der Waals surface area contributed by atoms with Crippen LogP contribution in [0.4, 0.5) is 0 Å². The maximum atomic E-state index is 9.92. The zero-order chi connectivity index (χ0) is 14.2. The minimum Gasteiger partial charge on any atom is -0.392 e. The molecule has 21 heavy (non-hydrogen) atoms. The lowest BCUT2D eigenvalue weighted by Gasteiger charge is -2.03. The van der Waals surface area contributed by atoms with E-state index in [1.165, 1.54) is 0 Å². The lowest BCUT2D eigenvalue weighted by molar-refractivity contribution is 0.140. The van der Waals surface area contributed by atoms with Gasteiger partial charge in [-0.05, 0) is 30.9 Å². The Morgan fingerprint density at radius 3 is 2.86 bits per heavy atom. The van der Waals surface area contributed by atoms with Crippen molar-refractivity contribution in [3.8, 4) is 11.5 Å². The van der Waals surface area contributed by atoms with E-state index in [0.29, 0.717) is 29.7 Å². The highest BCUT2D eigenvalue weighted by Crippen LogP contribution is 2.33. The third-order valence-electron chi connectivity index (χ3n) is 3.85. The summed E-state index contributed by atoms with van der Waals surface area (Å²) in [6.07, 6.45) is 2.23. The summed E-state index contributed by atoms with van der Waals surface area (Å²) in [5.41, 5.74) is 1.59. The van der Waals surface area contributed by atoms with Crippen molar-refractivity contribution < 1.29 is 9.63 Å². The Morgan fingerprint density at radius 1 is 1.14 bits per heavy atom. The number of benzene rings is 1. The van der Waals surface area contributed by atoms with Crippen molar-refractivity contribution in [1.82, 2.24) is 15.1 Å². The van der Waals surface area contributed by atoms with Crippen LogP contribution < -0.4 is 0 Å². The molecule has 0 amide bonds. The van der Waals surface area contributed by atoms with Crippen LogP contribution in [-0.4, -0.2) is 26.3 Å². The second-order valence-corrected chi connectivity index (χ2v) is 5.51. The van der Waals surface area contributed by atoms with Gasteiger partial charge in [0.05, 0.1) is 18.0 Å². The highest BCUT2D eigenvalue weighted by Gasteiger charge is 2.31. The lowest BCUT2D eigenvalue weighted by atomic mass is 10.1. The molecule has 0 saturated heterocycles. The summed E-state index contributed by atoms with van der Waals surface area (Å²) in [4.78, 5) is 8.88. The summed E-state index contributed by atoms with van der Waals surface area (Å²) in [5.74, 6) is 1.34. The van der Waals surface area contributed by atoms with E-state index in [-0.39, 0.29) is 6.10 Å². The zero-order valence-corrected chi connectivity index (χ0v) is 11.4. The Bertz CT molecular complexity index is 780. The van der Waals surface area contributed by atoms with Gasteiger partial charge in [-0.1, -0.05) is 29.4 Å². The van der Waals surface area contributed by atoms with Crippen LogP contribution in [0.15, 0.2) is 40.9 Å². The number of hydrogen-bond acceptors (Lipinski definition) is 5. The largest absolute Gasteiger partial charge is 0.392 e. The Morgan fingerprint density at radius 2 is 2.00 bits per heavy atom. The molecule has 5 nitrogen and oxygen atoms in total. The molecule has 1 aliphatic carbocycles. The van der Waals surface area contributed by atoms with Crippen LogP contribution in [0.3, 0.4) is 0 Å². The molecule has 5 heteroatoms. The first kappa shape index (κ1) is 12.5. The van der Waals surface area contributed by atoms with Crippen LogP contribution in [0.2, 0.25) is 0 Å². The Hall–Kier alpha value is -2.27. The van der Waals surface area contributed by atoms with Gasteiger partial charge < -0.3 is 9.63 Å². The maximum Gasteiger partial charge on any atom is 0.229 e. The predicted octanol–water partition coefficient (Wildman–Crippen LogP) is 2.60. The molecule has 1 aromatic carbocycles. The number of pyridine rings is 1. The van der Waals surface area contributed by atoms with Gasteiger partial charge in [-0.3, -0.25) is 0 Å². The molecule has 0 aliphatic heterocycles. The topological polar surface area (TPSA) is 72.0 Å². The smallest absolute Gasteiger partial charge is 0.229 e. The van der Waals surface area contributed by atoms with Crippen LogP contribution in [0.5, 0.6) is 0 Å². The molecule has 0 radical (unpaired) electrons. The minimum atomic E-state index is -0.372. The van der Waals surface area contributed by atoms with E-state index in [4.69, 9.17) is 4.52 Å². The number of rotatable bonds is 4. The fourth-order valence-corrected chi connectivity index (χ4v) is 2.46. The number of hydrogen-bond donors (Lipinski definition) is 1. The molecule has 1 fully saturated rings. The summed E-state index contributed by atoms with van der Waals surface area (Å²) in [6, 6.07) is 11.8. The number of fused-ring (bicyclic) bond motifs is 1. The van der Waals surface area contributed by atoms with Gasteiger partial charge in [-0.15, -0.1) is 0 Å². The molecule has 4 rings (SSSR count). The van der Waals surface area contributed by atoms with Crippen molar-refractivity contribution in [2.24, 2.45) is 5.92 Å². The molecular formula is C16H15N3O2. The molecule has 0 spiro atoms. The average molecular weight is 281 g/mol. The Balaban J connectivity index is 1.60. The molecule has 0 bridgehead atoms. The van der Waals surface area contributed by atoms with E-state index < -0.39 is 0 Å². The van der Waals surface area contributed by atoms with Crippen LogP contribution in [0, 0.1) is 5.92 Å². The molecule has 2 heterocycles. The summed E-state index contributed by atoms with van der Waals surface area (Å²) >= 11 is 0. The van der Waals surface area contributed by atoms with Gasteiger partial charge in [0, 0.05) is 5.39 Å². The van der Waals surface area contributed by atoms with Crippen molar-refractivity contribution in [2.45, 2.75) is 25.4 Å². The Kier molecular flexibility index (Phi) is 2.93. The van der Waals surface area contributed by atoms with Crippen LogP contribution in [0.1, 0.15) is 18.7 Å². The van der Waals surface area contributed by atoms with Crippen molar-refractivity contribution in [3.05, 3.63) is 42.3 Å². The fraction of sp³-hybridized carbons (Fsp3) is 0.312. The van der Waals surface area contributed by atoms with E-state index in [9.17, 15) is 5.11 Å². The number of para-hydroxylation sites is 1. The van der Waals surface area contributed by atoms with Crippen LogP contribution >= 0.6 is 0 Å². The number of aliphatic hydroxyl groups is 1. The monoisotopic (exact) mass is 281 g/mol. The zero-order valence-electron chi connectivity index (χ0n) is 11.4. The fourth-order valence-electron chi connectivity index (χ4n) is 2.46. The molecule has 2 aromatic heterocycles. The molecule has 1 unspecified atom stereocenters. The van der Waals surface area contributed by atoms with Crippen molar-refractivity contribution in [1.29, 1.82) is 0 Å². The summed E-state index contributed by atoms with van der Waals surface area (Å²) in [7, 11) is 0. The van der Waals surface area contributed by atoms with Gasteiger partial charge in [0.25, 0.3) is 0 Å². The number of aromatic nitrogens is 3. The van der Waals surface area contributed by atoms with E-state index in [1.54, 1.807) is 0 Å². The van der Waals surface area contributed by atoms with Crippen molar-refractivity contribution >= 4 is 10.9 Å². The van der Waals surface area contributed by atoms with Crippen molar-refractivity contribution in [3.63, 3.8) is 0 Å². The molecule has 1 N–H and O–H groups in total. The van der Waals surface area contributed by atoms with E-state index >= 15 is 0 Å². The number of aliphatic hydroxyl groups excluding tert-OH is 1. The molecular weight excluding hydrogens is 266 g/mol. The van der Waals surface area contributed by atoms with Gasteiger partial charge in [0.1, 0.15) is 5.69 Å². The van der Waals surface area contributed by atoms with E-state index in [2.05, 4.69) is 15.1 Å². The first-order valence-electron chi connectivity index (χ1n) is 7.16. The third kappa shape index (κ3) is 2.52. The standard InChI is InChI=1S/C16H15N3O2/c20-14(11-5-6-11)9-15-18-16(19-21-15)13-8-7-10-3-1-2-4-12(10)17-13/h1-4,7-8,11,14,20H,5-6,9H2. The second kappa shape index (κ2) is 4.93. The number of nitrogens with zero attached hydrogens (tertiary/aromatic N) is 3. The molecule has 1 atom stereocenters. The molecule has 1 aliphatic rings. The van der Waals surface area contributed by atoms with E-state index in [0.717, 1.165) is 23.7 Å². The first-order valence-corrected chi connectivity index (χ1v) is 7.16. The van der Waals surface area contributed by atoms with Gasteiger partial charge in [0.2, 0.25) is 11.7 Å².